The van der Waals surface area contributed by atoms with Gasteiger partial charge in [-0.15, -0.1) is 0 Å². The largest absolute Gasteiger partial charge is 0.500 e. The Morgan fingerprint density at radius 1 is 0.893 bits per heavy atom. The molecule has 0 fully saturated rings. The van der Waals surface area contributed by atoms with Crippen LogP contribution in [0.4, 0.5) is 17.1 Å². The molecule has 2 aromatic carbocycles. The van der Waals surface area contributed by atoms with E-state index < -0.39 is 13.7 Å². The van der Waals surface area contributed by atoms with Crippen LogP contribution in [0.25, 0.3) is 0 Å². The number of nitro groups is 1. The van der Waals surface area contributed by atoms with Gasteiger partial charge in [0.1, 0.15) is 5.75 Å². The van der Waals surface area contributed by atoms with Gasteiger partial charge in [0.25, 0.3) is 5.69 Å². The molecule has 0 bridgehead atoms. The van der Waals surface area contributed by atoms with Gasteiger partial charge in [0.05, 0.1) is 22.9 Å². The van der Waals surface area contributed by atoms with E-state index in [1.54, 1.807) is 57.7 Å². The number of hydrogen-bond donors (Lipinski definition) is 0. The number of hydrogen-bond acceptors (Lipinski definition) is 8. The van der Waals surface area contributed by atoms with Crippen molar-refractivity contribution in [1.82, 2.24) is 0 Å². The molecule has 0 atom stereocenters. The maximum Gasteiger partial charge on any atom is 0.500 e. The second-order valence-corrected chi connectivity index (χ2v) is 8.81. The topological polar surface area (TPSA) is 105 Å². The summed E-state index contributed by atoms with van der Waals surface area (Å²) in [4.78, 5) is 10.2. The van der Waals surface area contributed by atoms with E-state index in [1.165, 1.54) is 12.1 Å². The Kier molecular flexibility index (Phi) is 8.20. The Morgan fingerprint density at radius 2 is 1.39 bits per heavy atom. The van der Waals surface area contributed by atoms with Gasteiger partial charge in [0.15, 0.2) is 0 Å². The first-order chi connectivity index (χ1) is 13.5. The summed E-state index contributed by atoms with van der Waals surface area (Å²) in [7, 11) is 2.20. The van der Waals surface area contributed by atoms with Crippen molar-refractivity contribution in [2.75, 3.05) is 27.9 Å². The fraction of sp³-hybridized carbons (Fsp3) is 0.333. The first kappa shape index (κ1) is 21.6. The van der Waals surface area contributed by atoms with Crippen LogP contribution in [0.15, 0.2) is 58.8 Å². The van der Waals surface area contributed by atoms with Crippen molar-refractivity contribution in [1.29, 1.82) is 0 Å². The van der Waals surface area contributed by atoms with E-state index in [0.717, 1.165) is 6.42 Å². The minimum absolute atomic E-state index is 0.0156. The Balaban J connectivity index is 1.83. The summed E-state index contributed by atoms with van der Waals surface area (Å²) in [5.41, 5.74) is 1.20. The molecule has 0 heterocycles. The van der Waals surface area contributed by atoms with Crippen molar-refractivity contribution in [3.05, 3.63) is 58.6 Å². The Hall–Kier alpha value is -2.66. The van der Waals surface area contributed by atoms with Crippen LogP contribution in [0.3, 0.4) is 0 Å². The first-order valence-corrected chi connectivity index (χ1v) is 10.5. The van der Waals surface area contributed by atoms with Crippen molar-refractivity contribution in [2.24, 2.45) is 10.2 Å². The average molecular weight is 405 g/mol. The van der Waals surface area contributed by atoms with E-state index in [1.807, 2.05) is 0 Å². The van der Waals surface area contributed by atoms with Crippen molar-refractivity contribution in [3.63, 3.8) is 0 Å². The molecule has 0 amide bonds. The molecule has 150 valence electrons. The molecule has 0 unspecified atom stereocenters. The maximum absolute atomic E-state index is 10.6. The number of benzene rings is 2. The fourth-order valence-electron chi connectivity index (χ4n) is 2.40. The lowest BCUT2D eigenvalue weighted by Gasteiger charge is -2.24. The second-order valence-electron chi connectivity index (χ2n) is 5.71. The van der Waals surface area contributed by atoms with Gasteiger partial charge in [-0.1, -0.05) is 0 Å². The van der Waals surface area contributed by atoms with Crippen LogP contribution in [-0.4, -0.2) is 41.7 Å². The van der Waals surface area contributed by atoms with Gasteiger partial charge in [0, 0.05) is 39.5 Å². The maximum atomic E-state index is 10.6. The third kappa shape index (κ3) is 6.20. The number of nitrogens with zero attached hydrogens (tertiary/aromatic N) is 3. The molecule has 2 rings (SSSR count). The Bertz CT molecular complexity index is 771. The zero-order chi connectivity index (χ0) is 20.4. The third-order valence-electron chi connectivity index (χ3n) is 4.01. The highest BCUT2D eigenvalue weighted by atomic mass is 28.4. The lowest BCUT2D eigenvalue weighted by atomic mass is 10.3. The fourth-order valence-corrected chi connectivity index (χ4v) is 4.09. The monoisotopic (exact) mass is 405 g/mol. The average Bonchev–Trinajstić information content (AvgIpc) is 2.74. The van der Waals surface area contributed by atoms with Gasteiger partial charge in [-0.3, -0.25) is 10.1 Å². The predicted octanol–water partition coefficient (Wildman–Crippen LogP) is 4.66. The number of rotatable bonds is 11. The van der Waals surface area contributed by atoms with Crippen LogP contribution in [0.2, 0.25) is 6.04 Å². The lowest BCUT2D eigenvalue weighted by Crippen LogP contribution is -2.42. The predicted molar refractivity (Wildman–Crippen MR) is 105 cm³/mol. The zero-order valence-electron chi connectivity index (χ0n) is 16.0. The molecule has 0 aromatic heterocycles. The Morgan fingerprint density at radius 3 is 1.86 bits per heavy atom. The van der Waals surface area contributed by atoms with Gasteiger partial charge >= 0.3 is 8.80 Å². The highest BCUT2D eigenvalue weighted by Gasteiger charge is 2.36. The van der Waals surface area contributed by atoms with E-state index >= 15 is 0 Å². The van der Waals surface area contributed by atoms with Crippen LogP contribution in [0, 0.1) is 10.1 Å². The van der Waals surface area contributed by atoms with Crippen molar-refractivity contribution in [2.45, 2.75) is 12.5 Å². The molecule has 0 radical (unpaired) electrons. The van der Waals surface area contributed by atoms with Crippen molar-refractivity contribution >= 4 is 25.9 Å². The minimum Gasteiger partial charge on any atom is -0.494 e. The quantitative estimate of drug-likeness (QED) is 0.177. The van der Waals surface area contributed by atoms with E-state index in [-0.39, 0.29) is 5.69 Å². The molecular formula is C18H23N3O6Si. The molecule has 0 aliphatic carbocycles. The van der Waals surface area contributed by atoms with Gasteiger partial charge < -0.3 is 18.0 Å². The summed E-state index contributed by atoms with van der Waals surface area (Å²) in [6.07, 6.45) is 0.739. The molecule has 0 N–H and O–H groups in total. The van der Waals surface area contributed by atoms with Crippen LogP contribution < -0.4 is 4.74 Å². The summed E-state index contributed by atoms with van der Waals surface area (Å²) in [6, 6.07) is 13.7. The Labute approximate surface area is 164 Å². The van der Waals surface area contributed by atoms with Crippen LogP contribution in [0.5, 0.6) is 5.75 Å². The molecule has 0 spiro atoms. The summed E-state index contributed by atoms with van der Waals surface area (Å²) in [6.45, 7) is 0.508. The number of nitro benzene ring substituents is 1. The van der Waals surface area contributed by atoms with Gasteiger partial charge in [-0.25, -0.2) is 0 Å². The highest BCUT2D eigenvalue weighted by Crippen LogP contribution is 2.23. The van der Waals surface area contributed by atoms with Gasteiger partial charge in [-0.2, -0.15) is 10.2 Å². The summed E-state index contributed by atoms with van der Waals surface area (Å²) in [5, 5.41) is 18.8. The molecule has 0 saturated carbocycles. The zero-order valence-corrected chi connectivity index (χ0v) is 17.0. The van der Waals surface area contributed by atoms with E-state index in [2.05, 4.69) is 10.2 Å². The summed E-state index contributed by atoms with van der Waals surface area (Å²) >= 11 is 0. The van der Waals surface area contributed by atoms with Gasteiger partial charge in [-0.05, 0) is 42.8 Å². The standard InChI is InChI=1S/C18H23N3O6Si/c1-24-28(25-2,26-3)14-4-13-27-18-11-7-16(8-12-18)20-19-15-5-9-17(10-6-15)21(22)23/h5-12H,4,13-14H2,1-3H3. The SMILES string of the molecule is CO[Si](CCCOc1ccc(N=Nc2ccc([N+](=O)[O-])cc2)cc1)(OC)OC. The summed E-state index contributed by atoms with van der Waals surface area (Å²) < 4.78 is 21.8. The van der Waals surface area contributed by atoms with Crippen LogP contribution >= 0.6 is 0 Å². The molecule has 10 heteroatoms. The molecule has 2 aromatic rings. The van der Waals surface area contributed by atoms with Crippen molar-refractivity contribution < 1.29 is 22.9 Å². The van der Waals surface area contributed by atoms with Crippen molar-refractivity contribution in [3.8, 4) is 5.75 Å². The number of azo groups is 1. The molecule has 9 nitrogen and oxygen atoms in total. The number of ether oxygens (including phenoxy) is 1. The van der Waals surface area contributed by atoms with E-state index in [4.69, 9.17) is 18.0 Å². The van der Waals surface area contributed by atoms with Crippen LogP contribution in [-0.2, 0) is 13.3 Å². The van der Waals surface area contributed by atoms with E-state index in [9.17, 15) is 10.1 Å². The highest BCUT2D eigenvalue weighted by molar-refractivity contribution is 6.60. The smallest absolute Gasteiger partial charge is 0.494 e. The number of non-ortho nitro benzene ring substituents is 1. The first-order valence-electron chi connectivity index (χ1n) is 8.56. The lowest BCUT2D eigenvalue weighted by molar-refractivity contribution is -0.384. The molecule has 0 saturated heterocycles. The molecule has 28 heavy (non-hydrogen) atoms. The van der Waals surface area contributed by atoms with Gasteiger partial charge in [0.2, 0.25) is 0 Å². The van der Waals surface area contributed by atoms with E-state index in [0.29, 0.717) is 29.8 Å². The van der Waals surface area contributed by atoms with Crippen LogP contribution in [0.1, 0.15) is 6.42 Å². The molecular weight excluding hydrogens is 382 g/mol. The third-order valence-corrected chi connectivity index (χ3v) is 6.84. The second kappa shape index (κ2) is 10.6. The molecule has 0 aliphatic rings. The molecule has 0 aliphatic heterocycles. The summed E-state index contributed by atoms with van der Waals surface area (Å²) in [5.74, 6) is 0.716. The minimum atomic E-state index is -2.56. The normalized spacial score (nSPS) is 11.7.